The second kappa shape index (κ2) is 5.66. The quantitative estimate of drug-likeness (QED) is 0.615. The van der Waals surface area contributed by atoms with Crippen LogP contribution in [0.25, 0.3) is 0 Å². The van der Waals surface area contributed by atoms with Gasteiger partial charge >= 0.3 is 12.4 Å². The van der Waals surface area contributed by atoms with Gasteiger partial charge < -0.3 is 5.32 Å². The van der Waals surface area contributed by atoms with E-state index >= 15 is 0 Å². The third-order valence-electron chi connectivity index (χ3n) is 2.10. The predicted molar refractivity (Wildman–Crippen MR) is 56.2 cm³/mol. The maximum atomic E-state index is 12.2. The lowest BCUT2D eigenvalue weighted by Crippen LogP contribution is -2.53. The summed E-state index contributed by atoms with van der Waals surface area (Å²) in [7, 11) is 0. The summed E-state index contributed by atoms with van der Waals surface area (Å²) in [6.45, 7) is 2.69. The van der Waals surface area contributed by atoms with Crippen molar-refractivity contribution in [2.75, 3.05) is 5.33 Å². The van der Waals surface area contributed by atoms with Crippen LogP contribution in [0.1, 0.15) is 20.3 Å². The standard InChI is InChI=1S/C9H12BrF6NO/c1-7(2,3-4-10)17-6(18)5(8(11,12)13)9(14,15)16/h5H,3-4H2,1-2H3,(H,17,18). The Morgan fingerprint density at radius 2 is 1.50 bits per heavy atom. The van der Waals surface area contributed by atoms with Gasteiger partial charge in [0.05, 0.1) is 0 Å². The van der Waals surface area contributed by atoms with Gasteiger partial charge in [0.2, 0.25) is 11.8 Å². The first-order chi connectivity index (χ1) is 7.81. The van der Waals surface area contributed by atoms with E-state index in [1.807, 2.05) is 0 Å². The summed E-state index contributed by atoms with van der Waals surface area (Å²) in [5.74, 6) is -6.08. The molecular weight excluding hydrogens is 332 g/mol. The molecule has 0 aromatic carbocycles. The minimum absolute atomic E-state index is 0.196. The molecule has 0 rings (SSSR count). The SMILES string of the molecule is CC(C)(CCBr)NC(=O)C(C(F)(F)F)C(F)(F)F. The van der Waals surface area contributed by atoms with Gasteiger partial charge in [-0.25, -0.2) is 0 Å². The molecule has 2 nitrogen and oxygen atoms in total. The Kier molecular flexibility index (Phi) is 5.52. The highest BCUT2D eigenvalue weighted by Gasteiger charge is 2.61. The predicted octanol–water partition coefficient (Wildman–Crippen LogP) is 3.41. The highest BCUT2D eigenvalue weighted by Crippen LogP contribution is 2.39. The van der Waals surface area contributed by atoms with Gasteiger partial charge in [0.15, 0.2) is 0 Å². The van der Waals surface area contributed by atoms with Crippen molar-refractivity contribution in [3.8, 4) is 0 Å². The van der Waals surface area contributed by atoms with Crippen molar-refractivity contribution in [3.05, 3.63) is 0 Å². The van der Waals surface area contributed by atoms with Gasteiger partial charge in [-0.3, -0.25) is 4.79 Å². The monoisotopic (exact) mass is 343 g/mol. The maximum Gasteiger partial charge on any atom is 0.409 e. The Bertz CT molecular complexity index is 284. The van der Waals surface area contributed by atoms with Crippen molar-refractivity contribution in [2.45, 2.75) is 38.2 Å². The zero-order valence-electron chi connectivity index (χ0n) is 9.55. The average Bonchev–Trinajstić information content (AvgIpc) is 1.94. The Balaban J connectivity index is 5.02. The van der Waals surface area contributed by atoms with E-state index < -0.39 is 29.7 Å². The fourth-order valence-electron chi connectivity index (χ4n) is 1.19. The summed E-state index contributed by atoms with van der Waals surface area (Å²) in [5, 5.41) is 2.10. The van der Waals surface area contributed by atoms with Crippen LogP contribution in [0.15, 0.2) is 0 Å². The lowest BCUT2D eigenvalue weighted by atomic mass is 9.99. The molecule has 108 valence electrons. The minimum atomic E-state index is -5.66. The second-order valence-corrected chi connectivity index (χ2v) is 5.12. The van der Waals surface area contributed by atoms with E-state index in [-0.39, 0.29) is 6.42 Å². The lowest BCUT2D eigenvalue weighted by Gasteiger charge is -2.29. The third-order valence-corrected chi connectivity index (χ3v) is 2.49. The Hall–Kier alpha value is -0.470. The number of amides is 1. The van der Waals surface area contributed by atoms with Crippen LogP contribution in [0.5, 0.6) is 0 Å². The van der Waals surface area contributed by atoms with E-state index in [2.05, 4.69) is 15.9 Å². The fraction of sp³-hybridized carbons (Fsp3) is 0.889. The molecule has 0 aromatic rings. The molecule has 0 atom stereocenters. The average molecular weight is 344 g/mol. The van der Waals surface area contributed by atoms with E-state index in [0.29, 0.717) is 5.33 Å². The number of carbonyl (C=O) groups is 1. The number of nitrogens with one attached hydrogen (secondary N) is 1. The molecule has 0 aromatic heterocycles. The van der Waals surface area contributed by atoms with Crippen LogP contribution < -0.4 is 5.32 Å². The second-order valence-electron chi connectivity index (χ2n) is 4.33. The highest BCUT2D eigenvalue weighted by molar-refractivity contribution is 9.09. The third kappa shape index (κ3) is 5.45. The first kappa shape index (κ1) is 17.5. The van der Waals surface area contributed by atoms with Crippen LogP contribution in [-0.2, 0) is 4.79 Å². The maximum absolute atomic E-state index is 12.2. The first-order valence-electron chi connectivity index (χ1n) is 4.82. The van der Waals surface area contributed by atoms with Crippen molar-refractivity contribution in [2.24, 2.45) is 5.92 Å². The summed E-state index contributed by atoms with van der Waals surface area (Å²) >= 11 is 3.00. The van der Waals surface area contributed by atoms with Crippen molar-refractivity contribution < 1.29 is 31.1 Å². The molecule has 0 saturated heterocycles. The fourth-order valence-corrected chi connectivity index (χ4v) is 2.18. The van der Waals surface area contributed by atoms with Crippen molar-refractivity contribution >= 4 is 21.8 Å². The molecule has 9 heteroatoms. The number of halogens is 7. The smallest absolute Gasteiger partial charge is 0.350 e. The van der Waals surface area contributed by atoms with Gasteiger partial charge in [0.1, 0.15) is 0 Å². The van der Waals surface area contributed by atoms with Gasteiger partial charge in [0, 0.05) is 10.9 Å². The van der Waals surface area contributed by atoms with E-state index in [0.717, 1.165) is 0 Å². The van der Waals surface area contributed by atoms with Crippen LogP contribution in [0.2, 0.25) is 0 Å². The summed E-state index contributed by atoms with van der Waals surface area (Å²) in [5.41, 5.74) is -1.16. The lowest BCUT2D eigenvalue weighted by molar-refractivity contribution is -0.274. The van der Waals surface area contributed by atoms with Crippen molar-refractivity contribution in [3.63, 3.8) is 0 Å². The van der Waals surface area contributed by atoms with Crippen molar-refractivity contribution in [1.82, 2.24) is 5.32 Å². The molecule has 0 aliphatic rings. The van der Waals surface area contributed by atoms with Crippen molar-refractivity contribution in [1.29, 1.82) is 0 Å². The normalized spacial score (nSPS) is 13.9. The largest absolute Gasteiger partial charge is 0.409 e. The van der Waals surface area contributed by atoms with E-state index in [1.54, 1.807) is 5.32 Å². The molecule has 0 heterocycles. The molecule has 1 amide bonds. The molecular formula is C9H12BrF6NO. The zero-order chi connectivity index (χ0) is 14.8. The van der Waals surface area contributed by atoms with E-state index in [1.165, 1.54) is 13.8 Å². The Labute approximate surface area is 108 Å². The Morgan fingerprint density at radius 1 is 1.11 bits per heavy atom. The summed E-state index contributed by atoms with van der Waals surface area (Å²) < 4.78 is 73.4. The summed E-state index contributed by atoms with van der Waals surface area (Å²) in [6, 6.07) is 0. The number of hydrogen-bond acceptors (Lipinski definition) is 1. The molecule has 0 spiro atoms. The summed E-state index contributed by atoms with van der Waals surface area (Å²) in [4.78, 5) is 11.2. The van der Waals surface area contributed by atoms with Crippen LogP contribution >= 0.6 is 15.9 Å². The molecule has 0 unspecified atom stereocenters. The molecule has 0 saturated carbocycles. The molecule has 0 radical (unpaired) electrons. The number of carbonyl (C=O) groups excluding carboxylic acids is 1. The van der Waals surface area contributed by atoms with E-state index in [9.17, 15) is 31.1 Å². The van der Waals surface area contributed by atoms with Gasteiger partial charge in [-0.2, -0.15) is 26.3 Å². The van der Waals surface area contributed by atoms with Crippen LogP contribution in [-0.4, -0.2) is 29.1 Å². The van der Waals surface area contributed by atoms with Gasteiger partial charge in [-0.1, -0.05) is 15.9 Å². The number of rotatable bonds is 4. The molecule has 1 N–H and O–H groups in total. The minimum Gasteiger partial charge on any atom is -0.350 e. The van der Waals surface area contributed by atoms with Crippen LogP contribution in [0.3, 0.4) is 0 Å². The topological polar surface area (TPSA) is 29.1 Å². The molecule has 0 aliphatic carbocycles. The number of alkyl halides is 7. The van der Waals surface area contributed by atoms with E-state index in [4.69, 9.17) is 0 Å². The summed E-state index contributed by atoms with van der Waals surface area (Å²) in [6.07, 6.45) is -11.1. The first-order valence-corrected chi connectivity index (χ1v) is 5.95. The van der Waals surface area contributed by atoms with Gasteiger partial charge in [-0.15, -0.1) is 0 Å². The molecule has 0 aliphatic heterocycles. The highest BCUT2D eigenvalue weighted by atomic mass is 79.9. The molecule has 0 bridgehead atoms. The number of hydrogen-bond donors (Lipinski definition) is 1. The Morgan fingerprint density at radius 3 is 1.78 bits per heavy atom. The molecule has 18 heavy (non-hydrogen) atoms. The van der Waals surface area contributed by atoms with Gasteiger partial charge in [0.25, 0.3) is 0 Å². The van der Waals surface area contributed by atoms with Crippen LogP contribution in [0, 0.1) is 5.92 Å². The van der Waals surface area contributed by atoms with Crippen LogP contribution in [0.4, 0.5) is 26.3 Å². The van der Waals surface area contributed by atoms with Gasteiger partial charge in [-0.05, 0) is 20.3 Å². The molecule has 0 fully saturated rings. The zero-order valence-corrected chi connectivity index (χ0v) is 11.1.